The van der Waals surface area contributed by atoms with Gasteiger partial charge in [-0.05, 0) is 90.4 Å². The molecule has 13 heteroatoms. The number of para-hydroxylation sites is 1. The van der Waals surface area contributed by atoms with Crippen LogP contribution in [-0.2, 0) is 10.0 Å². The van der Waals surface area contributed by atoms with Gasteiger partial charge in [-0.2, -0.15) is 4.68 Å². The molecule has 0 atom stereocenters. The maximum absolute atomic E-state index is 12.6. The molecule has 0 fully saturated rings. The summed E-state index contributed by atoms with van der Waals surface area (Å²) in [5.74, 6) is 0. The van der Waals surface area contributed by atoms with Crippen LogP contribution >= 0.6 is 55.0 Å². The maximum Gasteiger partial charge on any atom is 0.261 e. The van der Waals surface area contributed by atoms with Gasteiger partial charge in [0.25, 0.3) is 10.0 Å². The fraction of sp³-hybridized carbons (Fsp3) is 0. The Bertz CT molecular complexity index is 1220. The first-order valence-corrected chi connectivity index (χ1v) is 12.6. The van der Waals surface area contributed by atoms with Crippen molar-refractivity contribution in [2.45, 2.75) is 14.4 Å². The third-order valence-corrected chi connectivity index (χ3v) is 9.03. The van der Waals surface area contributed by atoms with Gasteiger partial charge in [0.2, 0.25) is 5.16 Å². The van der Waals surface area contributed by atoms with E-state index in [9.17, 15) is 8.42 Å². The number of anilines is 1. The number of rotatable bonds is 6. The summed E-state index contributed by atoms with van der Waals surface area (Å²) in [6, 6.07) is 15.0. The van der Waals surface area contributed by atoms with E-state index in [1.165, 1.54) is 39.9 Å². The van der Waals surface area contributed by atoms with Crippen LogP contribution in [0.1, 0.15) is 0 Å². The van der Waals surface area contributed by atoms with E-state index in [0.29, 0.717) is 21.1 Å². The molecule has 4 rings (SSSR count). The minimum absolute atomic E-state index is 0.139. The molecule has 0 spiro atoms. The van der Waals surface area contributed by atoms with Gasteiger partial charge in [-0.15, -0.1) is 5.10 Å². The van der Waals surface area contributed by atoms with Crippen molar-refractivity contribution < 1.29 is 8.42 Å². The third kappa shape index (κ3) is 4.69. The van der Waals surface area contributed by atoms with Crippen LogP contribution in [0.4, 0.5) is 5.69 Å². The summed E-state index contributed by atoms with van der Waals surface area (Å²) in [6.07, 6.45) is 0. The van der Waals surface area contributed by atoms with E-state index in [1.54, 1.807) is 36.4 Å². The number of aromatic nitrogens is 5. The molecule has 2 aromatic heterocycles. The third-order valence-electron chi connectivity index (χ3n) is 3.57. The molecular weight excluding hydrogens is 564 g/mol. The van der Waals surface area contributed by atoms with Gasteiger partial charge in [0.05, 0.1) is 10.6 Å². The van der Waals surface area contributed by atoms with Gasteiger partial charge >= 0.3 is 0 Å². The molecule has 0 bridgehead atoms. The van der Waals surface area contributed by atoms with E-state index >= 15 is 0 Å². The first-order chi connectivity index (χ1) is 13.9. The highest BCUT2D eigenvalue weighted by molar-refractivity contribution is 9.13. The van der Waals surface area contributed by atoms with Crippen LogP contribution in [0, 0.1) is 0 Å². The molecule has 2 aromatic carbocycles. The topological polar surface area (TPSA) is 103 Å². The Morgan fingerprint density at radius 2 is 1.76 bits per heavy atom. The Morgan fingerprint density at radius 3 is 2.41 bits per heavy atom. The standard InChI is InChI=1S/C16H10Br2N6O2S3/c17-13-14(18)27-16(19-13)28-15-20-22-23-24(15)11-6-8-12(9-7-11)29(25,26)21-10-4-2-1-3-5-10/h1-9,21H. The van der Waals surface area contributed by atoms with E-state index in [2.05, 4.69) is 57.1 Å². The number of halogens is 2. The Labute approximate surface area is 191 Å². The molecule has 0 aliphatic rings. The van der Waals surface area contributed by atoms with Crippen LogP contribution in [-0.4, -0.2) is 33.6 Å². The number of hydrogen-bond donors (Lipinski definition) is 1. The van der Waals surface area contributed by atoms with Gasteiger partial charge in [0.1, 0.15) is 8.39 Å². The summed E-state index contributed by atoms with van der Waals surface area (Å²) >= 11 is 9.51. The lowest BCUT2D eigenvalue weighted by molar-refractivity contribution is 0.601. The van der Waals surface area contributed by atoms with Crippen molar-refractivity contribution in [3.05, 3.63) is 63.0 Å². The van der Waals surface area contributed by atoms with Gasteiger partial charge < -0.3 is 0 Å². The van der Waals surface area contributed by atoms with Crippen molar-refractivity contribution in [2.75, 3.05) is 4.72 Å². The zero-order valence-corrected chi connectivity index (χ0v) is 19.9. The average molecular weight is 574 g/mol. The van der Waals surface area contributed by atoms with E-state index in [-0.39, 0.29) is 4.90 Å². The van der Waals surface area contributed by atoms with Crippen molar-refractivity contribution in [3.8, 4) is 5.69 Å². The molecule has 0 saturated heterocycles. The van der Waals surface area contributed by atoms with Crippen LogP contribution in [0.3, 0.4) is 0 Å². The number of thiazole rings is 1. The van der Waals surface area contributed by atoms with Gasteiger partial charge in [0.15, 0.2) is 4.34 Å². The molecule has 0 aliphatic heterocycles. The summed E-state index contributed by atoms with van der Waals surface area (Å²) in [7, 11) is -3.69. The van der Waals surface area contributed by atoms with Crippen molar-refractivity contribution in [1.82, 2.24) is 25.2 Å². The summed E-state index contributed by atoms with van der Waals surface area (Å²) in [5, 5.41) is 12.2. The molecule has 4 aromatic rings. The Balaban J connectivity index is 1.56. The quantitative estimate of drug-likeness (QED) is 0.359. The number of nitrogens with one attached hydrogen (secondary N) is 1. The highest BCUT2D eigenvalue weighted by Crippen LogP contribution is 2.37. The van der Waals surface area contributed by atoms with Crippen LogP contribution in [0.15, 0.2) is 77.4 Å². The molecule has 29 heavy (non-hydrogen) atoms. The number of nitrogens with zero attached hydrogens (tertiary/aromatic N) is 5. The second-order valence-corrected chi connectivity index (χ2v) is 11.4. The molecule has 8 nitrogen and oxygen atoms in total. The van der Waals surface area contributed by atoms with Crippen molar-refractivity contribution >= 4 is 70.7 Å². The lowest BCUT2D eigenvalue weighted by Crippen LogP contribution is -2.13. The van der Waals surface area contributed by atoms with Crippen molar-refractivity contribution in [2.24, 2.45) is 0 Å². The minimum Gasteiger partial charge on any atom is -0.280 e. The molecule has 1 N–H and O–H groups in total. The van der Waals surface area contributed by atoms with E-state index in [1.807, 2.05) is 6.07 Å². The number of sulfonamides is 1. The number of benzene rings is 2. The zero-order chi connectivity index (χ0) is 20.4. The van der Waals surface area contributed by atoms with E-state index in [0.717, 1.165) is 8.13 Å². The summed E-state index contributed by atoms with van der Waals surface area (Å²) < 4.78 is 31.5. The summed E-state index contributed by atoms with van der Waals surface area (Å²) in [6.45, 7) is 0. The van der Waals surface area contributed by atoms with E-state index < -0.39 is 10.0 Å². The number of tetrazole rings is 1. The predicted molar refractivity (Wildman–Crippen MR) is 118 cm³/mol. The number of hydrogen-bond acceptors (Lipinski definition) is 8. The molecule has 0 saturated carbocycles. The Kier molecular flexibility index (Phi) is 6.01. The van der Waals surface area contributed by atoms with Crippen LogP contribution in [0.2, 0.25) is 0 Å². The molecule has 0 aliphatic carbocycles. The second kappa shape index (κ2) is 8.52. The lowest BCUT2D eigenvalue weighted by atomic mass is 10.3. The molecule has 0 amide bonds. The average Bonchev–Trinajstić information content (AvgIpc) is 3.28. The molecule has 0 radical (unpaired) electrons. The second-order valence-electron chi connectivity index (χ2n) is 5.49. The largest absolute Gasteiger partial charge is 0.280 e. The van der Waals surface area contributed by atoms with Gasteiger partial charge in [-0.1, -0.05) is 29.5 Å². The predicted octanol–water partition coefficient (Wildman–Crippen LogP) is 4.60. The molecule has 2 heterocycles. The zero-order valence-electron chi connectivity index (χ0n) is 14.2. The Morgan fingerprint density at radius 1 is 1.03 bits per heavy atom. The molecule has 148 valence electrons. The first kappa shape index (κ1) is 20.5. The van der Waals surface area contributed by atoms with Crippen LogP contribution < -0.4 is 4.72 Å². The monoisotopic (exact) mass is 572 g/mol. The smallest absolute Gasteiger partial charge is 0.261 e. The SMILES string of the molecule is O=S(=O)(Nc1ccccc1)c1ccc(-n2nnnc2Sc2nc(Br)c(Br)s2)cc1. The fourth-order valence-corrected chi connectivity index (χ4v) is 6.52. The van der Waals surface area contributed by atoms with Crippen LogP contribution in [0.25, 0.3) is 5.69 Å². The van der Waals surface area contributed by atoms with Crippen molar-refractivity contribution in [3.63, 3.8) is 0 Å². The summed E-state index contributed by atoms with van der Waals surface area (Å²) in [5.41, 5.74) is 1.13. The lowest BCUT2D eigenvalue weighted by Gasteiger charge is -2.09. The van der Waals surface area contributed by atoms with Crippen LogP contribution in [0.5, 0.6) is 0 Å². The highest BCUT2D eigenvalue weighted by atomic mass is 79.9. The van der Waals surface area contributed by atoms with Crippen molar-refractivity contribution in [1.29, 1.82) is 0 Å². The van der Waals surface area contributed by atoms with Gasteiger partial charge in [-0.3, -0.25) is 4.72 Å². The fourth-order valence-electron chi connectivity index (χ4n) is 2.28. The molecular formula is C16H10Br2N6O2S3. The highest BCUT2D eigenvalue weighted by Gasteiger charge is 2.17. The molecule has 0 unspecified atom stereocenters. The first-order valence-electron chi connectivity index (χ1n) is 7.89. The van der Waals surface area contributed by atoms with Gasteiger partial charge in [-0.25, -0.2) is 13.4 Å². The van der Waals surface area contributed by atoms with E-state index in [4.69, 9.17) is 0 Å². The maximum atomic E-state index is 12.6. The minimum atomic E-state index is -3.69. The normalized spacial score (nSPS) is 11.5. The summed E-state index contributed by atoms with van der Waals surface area (Å²) in [4.78, 5) is 4.50. The van der Waals surface area contributed by atoms with Gasteiger partial charge in [0, 0.05) is 5.69 Å². The Hall–Kier alpha value is -1.80.